The van der Waals surface area contributed by atoms with Gasteiger partial charge < -0.3 is 15.6 Å². The molecule has 5 nitrogen and oxygen atoms in total. The zero-order chi connectivity index (χ0) is 15.4. The lowest BCUT2D eigenvalue weighted by molar-refractivity contribution is 0.222. The van der Waals surface area contributed by atoms with Crippen molar-refractivity contribution in [3.8, 4) is 0 Å². The van der Waals surface area contributed by atoms with Crippen molar-refractivity contribution in [3.63, 3.8) is 0 Å². The second-order valence-corrected chi connectivity index (χ2v) is 6.22. The van der Waals surface area contributed by atoms with Crippen LogP contribution >= 0.6 is 0 Å². The molecule has 1 fully saturated rings. The Morgan fingerprint density at radius 2 is 2.14 bits per heavy atom. The van der Waals surface area contributed by atoms with E-state index in [0.717, 1.165) is 23.3 Å². The molecule has 118 valence electrons. The highest BCUT2D eigenvalue weighted by atomic mass is 16.2. The van der Waals surface area contributed by atoms with E-state index in [-0.39, 0.29) is 6.03 Å². The van der Waals surface area contributed by atoms with Crippen LogP contribution in [0.15, 0.2) is 24.3 Å². The van der Waals surface area contributed by atoms with Crippen molar-refractivity contribution >= 4 is 17.1 Å². The van der Waals surface area contributed by atoms with E-state index < -0.39 is 0 Å². The zero-order valence-electron chi connectivity index (χ0n) is 13.1. The summed E-state index contributed by atoms with van der Waals surface area (Å²) in [4.78, 5) is 19.8. The van der Waals surface area contributed by atoms with Gasteiger partial charge in [-0.05, 0) is 30.9 Å². The summed E-state index contributed by atoms with van der Waals surface area (Å²) in [5.41, 5.74) is 2.01. The van der Waals surface area contributed by atoms with Crippen molar-refractivity contribution in [3.05, 3.63) is 30.1 Å². The van der Waals surface area contributed by atoms with Gasteiger partial charge in [-0.3, -0.25) is 0 Å². The van der Waals surface area contributed by atoms with E-state index in [1.54, 1.807) is 0 Å². The number of amides is 2. The van der Waals surface area contributed by atoms with Gasteiger partial charge in [0.25, 0.3) is 0 Å². The summed E-state index contributed by atoms with van der Waals surface area (Å²) < 4.78 is 0. The molecule has 22 heavy (non-hydrogen) atoms. The van der Waals surface area contributed by atoms with Gasteiger partial charge in [0.15, 0.2) is 0 Å². The number of nitrogens with zero attached hydrogens (tertiary/aromatic N) is 1. The highest BCUT2D eigenvalue weighted by molar-refractivity contribution is 5.75. The molecule has 0 bridgehead atoms. The quantitative estimate of drug-likeness (QED) is 0.812. The summed E-state index contributed by atoms with van der Waals surface area (Å²) in [6.45, 7) is 2.81. The van der Waals surface area contributed by atoms with Crippen LogP contribution in [-0.4, -0.2) is 28.6 Å². The summed E-state index contributed by atoms with van der Waals surface area (Å²) in [5.74, 6) is 1.49. The van der Waals surface area contributed by atoms with E-state index in [9.17, 15) is 4.79 Å². The number of nitrogens with one attached hydrogen (secondary N) is 3. The number of imidazole rings is 1. The molecule has 1 saturated carbocycles. The minimum absolute atomic E-state index is 0.0603. The Hall–Kier alpha value is -2.04. The van der Waals surface area contributed by atoms with Crippen LogP contribution in [-0.2, 0) is 6.42 Å². The third-order valence-electron chi connectivity index (χ3n) is 4.51. The molecule has 0 saturated heterocycles. The number of hydrogen-bond donors (Lipinski definition) is 3. The first-order valence-corrected chi connectivity index (χ1v) is 8.20. The van der Waals surface area contributed by atoms with Crippen LogP contribution in [0.25, 0.3) is 11.0 Å². The first-order valence-electron chi connectivity index (χ1n) is 8.20. The summed E-state index contributed by atoms with van der Waals surface area (Å²) >= 11 is 0. The van der Waals surface area contributed by atoms with E-state index in [4.69, 9.17) is 0 Å². The molecule has 1 aromatic heterocycles. The maximum Gasteiger partial charge on any atom is 0.315 e. The van der Waals surface area contributed by atoms with Gasteiger partial charge in [0, 0.05) is 19.0 Å². The Kier molecular flexibility index (Phi) is 4.61. The Labute approximate surface area is 130 Å². The van der Waals surface area contributed by atoms with Crippen molar-refractivity contribution in [2.75, 3.05) is 6.54 Å². The predicted molar refractivity (Wildman–Crippen MR) is 87.8 cm³/mol. The molecule has 1 aromatic carbocycles. The largest absolute Gasteiger partial charge is 0.342 e. The lowest BCUT2D eigenvalue weighted by Gasteiger charge is -2.29. The molecular formula is C17H24N4O. The van der Waals surface area contributed by atoms with Gasteiger partial charge in [-0.2, -0.15) is 0 Å². The molecule has 1 aliphatic rings. The second kappa shape index (κ2) is 6.81. The molecule has 2 amide bonds. The number of hydrogen-bond acceptors (Lipinski definition) is 2. The van der Waals surface area contributed by atoms with Crippen LogP contribution in [0.1, 0.15) is 38.4 Å². The average molecular weight is 300 g/mol. The smallest absolute Gasteiger partial charge is 0.315 e. The number of urea groups is 1. The number of aromatic nitrogens is 2. The van der Waals surface area contributed by atoms with Gasteiger partial charge in [0.2, 0.25) is 0 Å². The summed E-state index contributed by atoms with van der Waals surface area (Å²) in [5, 5.41) is 6.03. The van der Waals surface area contributed by atoms with Crippen LogP contribution in [0.3, 0.4) is 0 Å². The number of rotatable bonds is 4. The molecule has 0 aliphatic heterocycles. The molecule has 3 rings (SSSR count). The summed E-state index contributed by atoms with van der Waals surface area (Å²) in [7, 11) is 0. The number of carbonyl (C=O) groups excluding carboxylic acids is 1. The third-order valence-corrected chi connectivity index (χ3v) is 4.51. The number of para-hydroxylation sites is 2. The highest BCUT2D eigenvalue weighted by Gasteiger charge is 2.22. The fraction of sp³-hybridized carbons (Fsp3) is 0.529. The molecular weight excluding hydrogens is 276 g/mol. The zero-order valence-corrected chi connectivity index (χ0v) is 13.1. The van der Waals surface area contributed by atoms with Crippen molar-refractivity contribution in [1.29, 1.82) is 0 Å². The second-order valence-electron chi connectivity index (χ2n) is 6.22. The molecule has 0 spiro atoms. The van der Waals surface area contributed by atoms with E-state index in [0.29, 0.717) is 24.9 Å². The minimum Gasteiger partial charge on any atom is -0.342 e. The van der Waals surface area contributed by atoms with Crippen LogP contribution in [0.5, 0.6) is 0 Å². The number of H-pyrrole nitrogens is 1. The van der Waals surface area contributed by atoms with Crippen LogP contribution < -0.4 is 10.6 Å². The Bertz CT molecular complexity index is 603. The van der Waals surface area contributed by atoms with E-state index in [1.807, 2.05) is 24.3 Å². The van der Waals surface area contributed by atoms with Crippen molar-refractivity contribution in [1.82, 2.24) is 20.6 Å². The number of aromatic amines is 1. The molecule has 3 N–H and O–H groups in total. The first kappa shape index (κ1) is 14.9. The molecule has 2 aromatic rings. The summed E-state index contributed by atoms with van der Waals surface area (Å²) in [6, 6.07) is 8.22. The molecule has 1 heterocycles. The monoisotopic (exact) mass is 300 g/mol. The van der Waals surface area contributed by atoms with E-state index >= 15 is 0 Å². The fourth-order valence-electron chi connectivity index (χ4n) is 3.17. The maximum absolute atomic E-state index is 12.0. The highest BCUT2D eigenvalue weighted by Crippen LogP contribution is 2.23. The first-order chi connectivity index (χ1) is 10.7. The van der Waals surface area contributed by atoms with Crippen molar-refractivity contribution in [2.24, 2.45) is 5.92 Å². The Morgan fingerprint density at radius 1 is 1.32 bits per heavy atom. The number of fused-ring (bicyclic) bond motifs is 1. The van der Waals surface area contributed by atoms with Crippen LogP contribution in [0.4, 0.5) is 4.79 Å². The lowest BCUT2D eigenvalue weighted by atomic mass is 9.86. The standard InChI is InChI=1S/C17H24N4O/c1-12-6-2-3-7-13(12)21-17(22)18-11-10-16-19-14-8-4-5-9-15(14)20-16/h4-5,8-9,12-13H,2-3,6-7,10-11H2,1H3,(H,19,20)(H2,18,21,22)/t12-,13+/m1/s1. The minimum atomic E-state index is -0.0603. The maximum atomic E-state index is 12.0. The molecule has 5 heteroatoms. The van der Waals surface area contributed by atoms with Crippen molar-refractivity contribution < 1.29 is 4.79 Å². The fourth-order valence-corrected chi connectivity index (χ4v) is 3.17. The normalized spacial score (nSPS) is 21.7. The third kappa shape index (κ3) is 3.59. The van der Waals surface area contributed by atoms with E-state index in [2.05, 4.69) is 27.5 Å². The Morgan fingerprint density at radius 3 is 2.95 bits per heavy atom. The van der Waals surface area contributed by atoms with Gasteiger partial charge in [0.1, 0.15) is 5.82 Å². The van der Waals surface area contributed by atoms with Gasteiger partial charge in [-0.1, -0.05) is 31.9 Å². The topological polar surface area (TPSA) is 69.8 Å². The lowest BCUT2D eigenvalue weighted by Crippen LogP contribution is -2.46. The molecule has 2 atom stereocenters. The molecule has 0 unspecified atom stereocenters. The predicted octanol–water partition coefficient (Wildman–Crippen LogP) is 2.98. The van der Waals surface area contributed by atoms with Gasteiger partial charge in [0.05, 0.1) is 11.0 Å². The van der Waals surface area contributed by atoms with Gasteiger partial charge in [-0.25, -0.2) is 9.78 Å². The number of benzene rings is 1. The average Bonchev–Trinajstić information content (AvgIpc) is 2.92. The van der Waals surface area contributed by atoms with Gasteiger partial charge in [-0.15, -0.1) is 0 Å². The molecule has 1 aliphatic carbocycles. The molecule has 0 radical (unpaired) electrons. The SMILES string of the molecule is C[C@@H]1CCCC[C@@H]1NC(=O)NCCc1nc2ccccc2[nH]1. The van der Waals surface area contributed by atoms with Crippen LogP contribution in [0.2, 0.25) is 0 Å². The number of carbonyl (C=O) groups is 1. The summed E-state index contributed by atoms with van der Waals surface area (Å²) in [6.07, 6.45) is 5.52. The van der Waals surface area contributed by atoms with Gasteiger partial charge >= 0.3 is 6.03 Å². The van der Waals surface area contributed by atoms with E-state index in [1.165, 1.54) is 19.3 Å². The Balaban J connectivity index is 1.45. The van der Waals surface area contributed by atoms with Crippen molar-refractivity contribution in [2.45, 2.75) is 45.1 Å². The van der Waals surface area contributed by atoms with Crippen LogP contribution in [0, 0.1) is 5.92 Å².